The maximum Gasteiger partial charge on any atom is 0.300 e. The van der Waals surface area contributed by atoms with Gasteiger partial charge in [-0.1, -0.05) is 54.6 Å². The van der Waals surface area contributed by atoms with E-state index in [2.05, 4.69) is 15.4 Å². The molecule has 1 saturated heterocycles. The number of carbonyl (C=O) groups is 2. The summed E-state index contributed by atoms with van der Waals surface area (Å²) >= 11 is 0. The van der Waals surface area contributed by atoms with Crippen molar-refractivity contribution in [3.63, 3.8) is 0 Å². The first-order valence-electron chi connectivity index (χ1n) is 11.5. The predicted octanol–water partition coefficient (Wildman–Crippen LogP) is 3.22. The van der Waals surface area contributed by atoms with Gasteiger partial charge in [0.05, 0.1) is 5.69 Å². The molecule has 0 saturated carbocycles. The lowest BCUT2D eigenvalue weighted by Gasteiger charge is -2.42. The first-order chi connectivity index (χ1) is 17.5. The van der Waals surface area contributed by atoms with Gasteiger partial charge in [-0.2, -0.15) is 10.1 Å². The topological polar surface area (TPSA) is 97.2 Å². The van der Waals surface area contributed by atoms with Crippen molar-refractivity contribution >= 4 is 17.5 Å². The van der Waals surface area contributed by atoms with Crippen LogP contribution in [-0.2, 0) is 21.8 Å². The fraction of sp³-hybridized carbons (Fsp3) is 0.148. The Morgan fingerprint density at radius 3 is 2.58 bits per heavy atom. The molecule has 9 heteroatoms. The van der Waals surface area contributed by atoms with Gasteiger partial charge in [-0.3, -0.25) is 19.3 Å². The van der Waals surface area contributed by atoms with Crippen molar-refractivity contribution in [2.75, 3.05) is 4.90 Å². The Hall–Kier alpha value is -4.66. The van der Waals surface area contributed by atoms with E-state index in [-0.39, 0.29) is 36.8 Å². The minimum Gasteiger partial charge on any atom is -0.348 e. The third-order valence-corrected chi connectivity index (χ3v) is 6.61. The van der Waals surface area contributed by atoms with Crippen LogP contribution in [0.2, 0.25) is 0 Å². The molecule has 4 aromatic rings. The maximum absolute atomic E-state index is 13.9. The molecule has 0 aliphatic carbocycles. The Bertz CT molecular complexity index is 1590. The number of nitrogens with one attached hydrogen (secondary N) is 1. The van der Waals surface area contributed by atoms with Crippen molar-refractivity contribution in [3.8, 4) is 22.6 Å². The average Bonchev–Trinajstić information content (AvgIpc) is 3.26. The number of aromatic nitrogens is 3. The van der Waals surface area contributed by atoms with Gasteiger partial charge in [-0.15, -0.1) is 0 Å². The van der Waals surface area contributed by atoms with E-state index in [1.165, 1.54) is 21.7 Å². The van der Waals surface area contributed by atoms with Crippen LogP contribution in [-0.4, -0.2) is 26.6 Å². The quantitative estimate of drug-likeness (QED) is 0.483. The van der Waals surface area contributed by atoms with E-state index in [4.69, 9.17) is 0 Å². The number of fused-ring (bicyclic) bond motifs is 6. The van der Waals surface area contributed by atoms with Gasteiger partial charge in [0.2, 0.25) is 11.6 Å². The monoisotopic (exact) mass is 481 g/mol. The fourth-order valence-electron chi connectivity index (χ4n) is 4.98. The summed E-state index contributed by atoms with van der Waals surface area (Å²) < 4.78 is 15.1. The van der Waals surface area contributed by atoms with E-state index in [0.717, 1.165) is 0 Å². The van der Waals surface area contributed by atoms with Gasteiger partial charge in [-0.25, -0.2) is 9.07 Å². The summed E-state index contributed by atoms with van der Waals surface area (Å²) in [5.74, 6) is -0.937. The van der Waals surface area contributed by atoms with Crippen LogP contribution in [0, 0.1) is 5.82 Å². The number of hydrogen-bond acceptors (Lipinski definition) is 5. The van der Waals surface area contributed by atoms with Crippen LogP contribution < -0.4 is 15.8 Å². The van der Waals surface area contributed by atoms with Crippen LogP contribution in [0.4, 0.5) is 10.1 Å². The summed E-state index contributed by atoms with van der Waals surface area (Å²) in [6, 6.07) is 21.8. The number of nitrogens with zero attached hydrogens (tertiary/aromatic N) is 4. The molecule has 8 nitrogen and oxygen atoms in total. The molecule has 0 spiro atoms. The number of anilines is 1. The molecule has 1 atom stereocenters. The molecule has 1 fully saturated rings. The number of halogens is 1. The standard InChI is InChI=1S/C27H20FN5O3/c28-19-10-6-7-17(15-19)16-29-26(36)27-14-13-22(34)32(27)21-12-5-4-11-20(21)24-30-25(35)23(31-33(24)27)18-8-2-1-3-9-18/h1-12,15H,13-14,16H2,(H,29,36)/t27-/m0/s1. The number of carbonyl (C=O) groups excluding carboxylic acids is 2. The Morgan fingerprint density at radius 2 is 1.78 bits per heavy atom. The number of benzene rings is 3. The van der Waals surface area contributed by atoms with Crippen LogP contribution in [0.3, 0.4) is 0 Å². The molecular weight excluding hydrogens is 461 g/mol. The van der Waals surface area contributed by atoms with Crippen molar-refractivity contribution < 1.29 is 14.0 Å². The molecule has 1 N–H and O–H groups in total. The van der Waals surface area contributed by atoms with E-state index < -0.39 is 22.9 Å². The van der Waals surface area contributed by atoms with Crippen molar-refractivity contribution in [3.05, 3.63) is 101 Å². The Labute approximate surface area is 205 Å². The summed E-state index contributed by atoms with van der Waals surface area (Å²) in [6.45, 7) is 0.0521. The number of amides is 2. The molecule has 3 aromatic carbocycles. The van der Waals surface area contributed by atoms with Gasteiger partial charge in [0.15, 0.2) is 11.5 Å². The number of rotatable bonds is 4. The molecule has 2 amide bonds. The van der Waals surface area contributed by atoms with Crippen LogP contribution in [0.1, 0.15) is 18.4 Å². The minimum atomic E-state index is -1.57. The summed E-state index contributed by atoms with van der Waals surface area (Å²) in [5, 5.41) is 7.51. The highest BCUT2D eigenvalue weighted by Crippen LogP contribution is 2.48. The smallest absolute Gasteiger partial charge is 0.300 e. The van der Waals surface area contributed by atoms with Crippen molar-refractivity contribution in [2.24, 2.45) is 0 Å². The molecular formula is C27H20FN5O3. The van der Waals surface area contributed by atoms with Crippen LogP contribution in [0.15, 0.2) is 83.7 Å². The largest absolute Gasteiger partial charge is 0.348 e. The molecule has 178 valence electrons. The molecule has 6 rings (SSSR count). The second-order valence-corrected chi connectivity index (χ2v) is 8.74. The average molecular weight is 481 g/mol. The Morgan fingerprint density at radius 1 is 1.00 bits per heavy atom. The van der Waals surface area contributed by atoms with Gasteiger partial charge >= 0.3 is 0 Å². The Balaban J connectivity index is 1.54. The van der Waals surface area contributed by atoms with Gasteiger partial charge in [0.1, 0.15) is 5.82 Å². The van der Waals surface area contributed by atoms with Gasteiger partial charge < -0.3 is 5.32 Å². The van der Waals surface area contributed by atoms with Crippen LogP contribution in [0.25, 0.3) is 22.6 Å². The second-order valence-electron chi connectivity index (χ2n) is 8.74. The van der Waals surface area contributed by atoms with Crippen molar-refractivity contribution in [2.45, 2.75) is 25.0 Å². The summed E-state index contributed by atoms with van der Waals surface area (Å²) in [4.78, 5) is 46.0. The molecule has 1 aromatic heterocycles. The second kappa shape index (κ2) is 8.23. The normalized spacial score (nSPS) is 17.8. The fourth-order valence-corrected chi connectivity index (χ4v) is 4.98. The van der Waals surface area contributed by atoms with Crippen molar-refractivity contribution in [1.29, 1.82) is 0 Å². The zero-order valence-corrected chi connectivity index (χ0v) is 19.0. The van der Waals surface area contributed by atoms with E-state index >= 15 is 0 Å². The SMILES string of the molecule is O=C1CC[C@]2(C(=O)NCc3cccc(F)c3)N1c1ccccc1-c1nc(=O)c(-c3ccccc3)nn12. The lowest BCUT2D eigenvalue weighted by molar-refractivity contribution is -0.132. The van der Waals surface area contributed by atoms with Crippen LogP contribution in [0.5, 0.6) is 0 Å². The number of hydrogen-bond donors (Lipinski definition) is 1. The molecule has 36 heavy (non-hydrogen) atoms. The van der Waals surface area contributed by atoms with E-state index in [9.17, 15) is 18.8 Å². The molecule has 0 unspecified atom stereocenters. The minimum absolute atomic E-state index is 0.0521. The van der Waals surface area contributed by atoms with E-state index in [1.54, 1.807) is 60.7 Å². The zero-order valence-electron chi connectivity index (χ0n) is 19.0. The van der Waals surface area contributed by atoms with Crippen molar-refractivity contribution in [1.82, 2.24) is 20.1 Å². The molecule has 0 radical (unpaired) electrons. The molecule has 2 aliphatic rings. The lowest BCUT2D eigenvalue weighted by atomic mass is 9.98. The maximum atomic E-state index is 13.9. The summed E-state index contributed by atoms with van der Waals surface area (Å²) in [7, 11) is 0. The zero-order chi connectivity index (χ0) is 24.9. The van der Waals surface area contributed by atoms with Crippen LogP contribution >= 0.6 is 0 Å². The molecule has 2 aliphatic heterocycles. The predicted molar refractivity (Wildman–Crippen MR) is 130 cm³/mol. The third-order valence-electron chi connectivity index (χ3n) is 6.61. The highest BCUT2D eigenvalue weighted by atomic mass is 19.1. The summed E-state index contributed by atoms with van der Waals surface area (Å²) in [5.41, 5.74) is 0.120. The van der Waals surface area contributed by atoms with Gasteiger partial charge in [-0.05, 0) is 29.8 Å². The number of para-hydroxylation sites is 1. The summed E-state index contributed by atoms with van der Waals surface area (Å²) in [6.07, 6.45) is 0.240. The Kier molecular flexibility index (Phi) is 4.99. The first-order valence-corrected chi connectivity index (χ1v) is 11.5. The molecule has 0 bridgehead atoms. The van der Waals surface area contributed by atoms with Gasteiger partial charge in [0.25, 0.3) is 11.5 Å². The van der Waals surface area contributed by atoms with Gasteiger partial charge in [0, 0.05) is 30.5 Å². The van der Waals surface area contributed by atoms with E-state index in [0.29, 0.717) is 22.4 Å². The molecule has 3 heterocycles. The van der Waals surface area contributed by atoms with E-state index in [1.807, 2.05) is 6.07 Å². The lowest BCUT2D eigenvalue weighted by Crippen LogP contribution is -2.61. The highest BCUT2D eigenvalue weighted by molar-refractivity contribution is 6.08. The first kappa shape index (κ1) is 21.8. The third kappa shape index (κ3) is 3.24. The highest BCUT2D eigenvalue weighted by Gasteiger charge is 2.58.